The molecule has 1 rings (SSSR count). The number of hydrogen-bond donors (Lipinski definition) is 2. The van der Waals surface area contributed by atoms with Crippen LogP contribution in [-0.4, -0.2) is 38.3 Å². The Kier molecular flexibility index (Phi) is 6.86. The maximum Gasteiger partial charge on any atom is 0.325 e. The van der Waals surface area contributed by atoms with E-state index in [-0.39, 0.29) is 6.54 Å². The molecule has 0 unspecified atom stereocenters. The van der Waals surface area contributed by atoms with Crippen LogP contribution in [0.3, 0.4) is 0 Å². The average molecular weight is 266 g/mol. The van der Waals surface area contributed by atoms with Crippen molar-refractivity contribution in [1.82, 2.24) is 10.6 Å². The van der Waals surface area contributed by atoms with Crippen molar-refractivity contribution in [3.63, 3.8) is 0 Å². The van der Waals surface area contributed by atoms with Crippen molar-refractivity contribution in [2.45, 2.75) is 6.92 Å². The third kappa shape index (κ3) is 6.92. The van der Waals surface area contributed by atoms with Crippen molar-refractivity contribution in [3.8, 4) is 5.75 Å². The van der Waals surface area contributed by atoms with Gasteiger partial charge in [-0.05, 0) is 19.1 Å². The molecule has 0 spiro atoms. The topological polar surface area (TPSA) is 76.7 Å². The number of ether oxygens (including phenoxy) is 2. The number of urea groups is 1. The van der Waals surface area contributed by atoms with Gasteiger partial charge in [0.05, 0.1) is 13.2 Å². The van der Waals surface area contributed by atoms with Gasteiger partial charge in [-0.15, -0.1) is 0 Å². The van der Waals surface area contributed by atoms with Crippen LogP contribution in [0.15, 0.2) is 30.3 Å². The van der Waals surface area contributed by atoms with Gasteiger partial charge in [0.1, 0.15) is 18.9 Å². The van der Waals surface area contributed by atoms with Gasteiger partial charge < -0.3 is 20.1 Å². The van der Waals surface area contributed by atoms with Crippen LogP contribution >= 0.6 is 0 Å². The molecule has 0 atom stereocenters. The average Bonchev–Trinajstić information content (AvgIpc) is 2.43. The molecule has 2 N–H and O–H groups in total. The van der Waals surface area contributed by atoms with Crippen molar-refractivity contribution < 1.29 is 19.1 Å². The van der Waals surface area contributed by atoms with Crippen LogP contribution in [0.2, 0.25) is 0 Å². The lowest BCUT2D eigenvalue weighted by Crippen LogP contribution is -2.40. The molecular formula is C13H18N2O4. The summed E-state index contributed by atoms with van der Waals surface area (Å²) in [4.78, 5) is 22.3. The van der Waals surface area contributed by atoms with Crippen LogP contribution in [0.1, 0.15) is 6.92 Å². The summed E-state index contributed by atoms with van der Waals surface area (Å²) in [5.41, 5.74) is 0. The molecule has 6 nitrogen and oxygen atoms in total. The lowest BCUT2D eigenvalue weighted by Gasteiger charge is -2.08. The fourth-order valence-electron chi connectivity index (χ4n) is 1.28. The van der Waals surface area contributed by atoms with Crippen LogP contribution in [0.5, 0.6) is 5.75 Å². The predicted molar refractivity (Wildman–Crippen MR) is 70.0 cm³/mol. The van der Waals surface area contributed by atoms with Crippen LogP contribution in [0, 0.1) is 0 Å². The summed E-state index contributed by atoms with van der Waals surface area (Å²) in [6.45, 7) is 2.57. The first-order valence-corrected chi connectivity index (χ1v) is 6.07. The predicted octanol–water partition coefficient (Wildman–Crippen LogP) is 0.928. The van der Waals surface area contributed by atoms with Crippen molar-refractivity contribution >= 4 is 12.0 Å². The van der Waals surface area contributed by atoms with E-state index >= 15 is 0 Å². The SMILES string of the molecule is CCOC(=O)CNC(=O)NCCOc1ccccc1. The fraction of sp³-hybridized carbons (Fsp3) is 0.385. The first-order valence-electron chi connectivity index (χ1n) is 6.07. The molecule has 1 aromatic rings. The fourth-order valence-corrected chi connectivity index (χ4v) is 1.28. The number of esters is 1. The van der Waals surface area contributed by atoms with Crippen molar-refractivity contribution in [3.05, 3.63) is 30.3 Å². The van der Waals surface area contributed by atoms with Gasteiger partial charge in [-0.2, -0.15) is 0 Å². The molecule has 0 aromatic heterocycles. The zero-order valence-electron chi connectivity index (χ0n) is 10.8. The van der Waals surface area contributed by atoms with E-state index < -0.39 is 12.0 Å². The van der Waals surface area contributed by atoms with E-state index in [2.05, 4.69) is 15.4 Å². The molecule has 0 fully saturated rings. The molecule has 0 saturated heterocycles. The molecule has 0 aliphatic carbocycles. The van der Waals surface area contributed by atoms with E-state index in [9.17, 15) is 9.59 Å². The lowest BCUT2D eigenvalue weighted by molar-refractivity contribution is -0.141. The van der Waals surface area contributed by atoms with E-state index in [0.29, 0.717) is 19.8 Å². The zero-order valence-corrected chi connectivity index (χ0v) is 10.8. The van der Waals surface area contributed by atoms with Gasteiger partial charge in [-0.1, -0.05) is 18.2 Å². The minimum absolute atomic E-state index is 0.140. The summed E-state index contributed by atoms with van der Waals surface area (Å²) in [5.74, 6) is 0.286. The van der Waals surface area contributed by atoms with Gasteiger partial charge in [0, 0.05) is 0 Å². The summed E-state index contributed by atoms with van der Waals surface area (Å²) in [6.07, 6.45) is 0. The quantitative estimate of drug-likeness (QED) is 0.568. The number of carbonyl (C=O) groups excluding carboxylic acids is 2. The Morgan fingerprint density at radius 3 is 2.58 bits per heavy atom. The number of nitrogens with one attached hydrogen (secondary N) is 2. The molecule has 19 heavy (non-hydrogen) atoms. The number of para-hydroxylation sites is 1. The Balaban J connectivity index is 2.06. The third-order valence-electron chi connectivity index (χ3n) is 2.10. The van der Waals surface area contributed by atoms with E-state index in [1.165, 1.54) is 0 Å². The molecule has 104 valence electrons. The van der Waals surface area contributed by atoms with Gasteiger partial charge in [-0.3, -0.25) is 4.79 Å². The number of rotatable bonds is 7. The lowest BCUT2D eigenvalue weighted by atomic mass is 10.3. The normalized spacial score (nSPS) is 9.53. The summed E-state index contributed by atoms with van der Waals surface area (Å²) >= 11 is 0. The van der Waals surface area contributed by atoms with Gasteiger partial charge in [0.2, 0.25) is 0 Å². The molecule has 2 amide bonds. The Morgan fingerprint density at radius 2 is 1.89 bits per heavy atom. The Bertz CT molecular complexity index is 395. The minimum Gasteiger partial charge on any atom is -0.492 e. The molecule has 0 aliphatic rings. The van der Waals surface area contributed by atoms with E-state index in [1.54, 1.807) is 6.92 Å². The molecule has 1 aromatic carbocycles. The maximum absolute atomic E-state index is 11.3. The zero-order chi connectivity index (χ0) is 13.9. The highest BCUT2D eigenvalue weighted by atomic mass is 16.5. The number of carbonyl (C=O) groups is 2. The number of hydrogen-bond acceptors (Lipinski definition) is 4. The Labute approximate surface area is 112 Å². The molecule has 0 saturated carbocycles. The van der Waals surface area contributed by atoms with Crippen LogP contribution in [0.4, 0.5) is 4.79 Å². The van der Waals surface area contributed by atoms with E-state index in [0.717, 1.165) is 5.75 Å². The highest BCUT2D eigenvalue weighted by Gasteiger charge is 2.04. The molecule has 0 heterocycles. The first-order chi connectivity index (χ1) is 9.22. The Morgan fingerprint density at radius 1 is 1.16 bits per heavy atom. The summed E-state index contributed by atoms with van der Waals surface area (Å²) in [6, 6.07) is 8.88. The molecular weight excluding hydrogens is 248 g/mol. The molecule has 0 bridgehead atoms. The van der Waals surface area contributed by atoms with E-state index in [4.69, 9.17) is 4.74 Å². The number of benzene rings is 1. The van der Waals surface area contributed by atoms with Gasteiger partial charge in [0.25, 0.3) is 0 Å². The minimum atomic E-state index is -0.460. The van der Waals surface area contributed by atoms with Gasteiger partial charge in [-0.25, -0.2) is 4.79 Å². The molecule has 0 aliphatic heterocycles. The first kappa shape index (κ1) is 14.8. The van der Waals surface area contributed by atoms with Gasteiger partial charge in [0.15, 0.2) is 0 Å². The third-order valence-corrected chi connectivity index (χ3v) is 2.10. The standard InChI is InChI=1S/C13H18N2O4/c1-2-18-12(16)10-15-13(17)14-8-9-19-11-6-4-3-5-7-11/h3-7H,2,8-10H2,1H3,(H2,14,15,17). The highest BCUT2D eigenvalue weighted by Crippen LogP contribution is 2.07. The second-order valence-corrected chi connectivity index (χ2v) is 3.58. The Hall–Kier alpha value is -2.24. The second-order valence-electron chi connectivity index (χ2n) is 3.58. The monoisotopic (exact) mass is 266 g/mol. The second kappa shape index (κ2) is 8.79. The molecule has 0 radical (unpaired) electrons. The van der Waals surface area contributed by atoms with Crippen molar-refractivity contribution in [2.24, 2.45) is 0 Å². The maximum atomic E-state index is 11.3. The largest absolute Gasteiger partial charge is 0.492 e. The summed E-state index contributed by atoms with van der Waals surface area (Å²) in [5, 5.41) is 4.95. The van der Waals surface area contributed by atoms with Gasteiger partial charge >= 0.3 is 12.0 Å². The van der Waals surface area contributed by atoms with Crippen molar-refractivity contribution in [2.75, 3.05) is 26.3 Å². The smallest absolute Gasteiger partial charge is 0.325 e. The summed E-state index contributed by atoms with van der Waals surface area (Å²) < 4.78 is 10.1. The van der Waals surface area contributed by atoms with Crippen LogP contribution < -0.4 is 15.4 Å². The van der Waals surface area contributed by atoms with Crippen molar-refractivity contribution in [1.29, 1.82) is 0 Å². The van der Waals surface area contributed by atoms with Crippen LogP contribution in [0.25, 0.3) is 0 Å². The highest BCUT2D eigenvalue weighted by molar-refractivity contribution is 5.80. The summed E-state index contributed by atoms with van der Waals surface area (Å²) in [7, 11) is 0. The number of amides is 2. The van der Waals surface area contributed by atoms with E-state index in [1.807, 2.05) is 30.3 Å². The molecule has 6 heteroatoms. The van der Waals surface area contributed by atoms with Crippen LogP contribution in [-0.2, 0) is 9.53 Å².